The molecule has 0 aromatic heterocycles. The Kier molecular flexibility index (Phi) is 8.58. The van der Waals surface area contributed by atoms with Crippen molar-refractivity contribution in [2.45, 2.75) is 43.7 Å². The summed E-state index contributed by atoms with van der Waals surface area (Å²) in [6.45, 7) is 9.61. The first-order valence-corrected chi connectivity index (χ1v) is 12.4. The van der Waals surface area contributed by atoms with Crippen LogP contribution in [0.2, 0.25) is 0 Å². The Balaban J connectivity index is 1.53. The molecule has 1 aromatic rings. The van der Waals surface area contributed by atoms with Gasteiger partial charge in [0.2, 0.25) is 5.91 Å². The van der Waals surface area contributed by atoms with Crippen molar-refractivity contribution >= 4 is 23.5 Å². The molecule has 2 aliphatic heterocycles. The Hall–Kier alpha value is -1.83. The zero-order valence-corrected chi connectivity index (χ0v) is 20.0. The van der Waals surface area contributed by atoms with Gasteiger partial charge in [-0.05, 0) is 64.3 Å². The standard InChI is InChI=1S/C24H35N3O3S/c1-5-30-20-6-7-21(23(16-20)31-4)22(28)8-9-24(29)26-12-10-19(11-13-26)27-15-14-25(3)18(2)17-27/h6-9,16,18-19H,5,10-15,17H2,1-4H3. The highest BCUT2D eigenvalue weighted by atomic mass is 32.2. The molecule has 2 aliphatic rings. The summed E-state index contributed by atoms with van der Waals surface area (Å²) >= 11 is 1.50. The first kappa shape index (κ1) is 23.8. The van der Waals surface area contributed by atoms with E-state index in [4.69, 9.17) is 4.74 Å². The van der Waals surface area contributed by atoms with Crippen molar-refractivity contribution in [3.05, 3.63) is 35.9 Å². The van der Waals surface area contributed by atoms with Crippen molar-refractivity contribution in [2.75, 3.05) is 52.6 Å². The minimum atomic E-state index is -0.151. The maximum Gasteiger partial charge on any atom is 0.246 e. The highest BCUT2D eigenvalue weighted by Gasteiger charge is 2.30. The van der Waals surface area contributed by atoms with Gasteiger partial charge in [0.15, 0.2) is 5.78 Å². The van der Waals surface area contributed by atoms with Crippen LogP contribution in [0.25, 0.3) is 0 Å². The molecule has 31 heavy (non-hydrogen) atoms. The predicted octanol–water partition coefficient (Wildman–Crippen LogP) is 3.17. The summed E-state index contributed by atoms with van der Waals surface area (Å²) in [7, 11) is 2.19. The summed E-state index contributed by atoms with van der Waals surface area (Å²) in [6.07, 6.45) is 6.77. The predicted molar refractivity (Wildman–Crippen MR) is 126 cm³/mol. The molecule has 0 aliphatic carbocycles. The monoisotopic (exact) mass is 445 g/mol. The first-order chi connectivity index (χ1) is 14.9. The van der Waals surface area contributed by atoms with Crippen LogP contribution in [-0.4, -0.2) is 91.1 Å². The van der Waals surface area contributed by atoms with Crippen molar-refractivity contribution in [1.29, 1.82) is 0 Å². The summed E-state index contributed by atoms with van der Waals surface area (Å²) in [5, 5.41) is 0. The number of ether oxygens (including phenoxy) is 1. The fourth-order valence-electron chi connectivity index (χ4n) is 4.33. The van der Waals surface area contributed by atoms with Gasteiger partial charge in [0, 0.05) is 61.3 Å². The van der Waals surface area contributed by atoms with Crippen LogP contribution in [0.4, 0.5) is 0 Å². The van der Waals surface area contributed by atoms with Crippen LogP contribution in [0.5, 0.6) is 5.75 Å². The van der Waals surface area contributed by atoms with Gasteiger partial charge in [-0.2, -0.15) is 0 Å². The molecular formula is C24H35N3O3S. The molecule has 1 unspecified atom stereocenters. The van der Waals surface area contributed by atoms with Crippen molar-refractivity contribution in [3.63, 3.8) is 0 Å². The lowest BCUT2D eigenvalue weighted by Crippen LogP contribution is -2.55. The Morgan fingerprint density at radius 3 is 2.55 bits per heavy atom. The SMILES string of the molecule is CCOc1ccc(C(=O)C=CC(=O)N2CCC(N3CCN(C)C(C)C3)CC2)c(SC)c1. The van der Waals surface area contributed by atoms with Gasteiger partial charge in [0.1, 0.15) is 5.75 Å². The Morgan fingerprint density at radius 1 is 1.16 bits per heavy atom. The van der Waals surface area contributed by atoms with Crippen LogP contribution in [0.1, 0.15) is 37.0 Å². The summed E-state index contributed by atoms with van der Waals surface area (Å²) in [6, 6.07) is 6.59. The lowest BCUT2D eigenvalue weighted by atomic mass is 10.0. The molecule has 7 heteroatoms. The van der Waals surface area contributed by atoms with E-state index < -0.39 is 0 Å². The number of carbonyl (C=O) groups excluding carboxylic acids is 2. The normalized spacial score (nSPS) is 21.5. The van der Waals surface area contributed by atoms with Crippen LogP contribution in [0.3, 0.4) is 0 Å². The number of likely N-dealkylation sites (tertiary alicyclic amines) is 1. The van der Waals surface area contributed by atoms with E-state index in [0.717, 1.165) is 56.2 Å². The van der Waals surface area contributed by atoms with Crippen molar-refractivity contribution in [2.24, 2.45) is 0 Å². The molecule has 2 saturated heterocycles. The summed E-state index contributed by atoms with van der Waals surface area (Å²) in [5.41, 5.74) is 0.600. The maximum atomic E-state index is 12.7. The molecule has 0 bridgehead atoms. The molecule has 2 heterocycles. The van der Waals surface area contributed by atoms with E-state index in [0.29, 0.717) is 24.3 Å². The molecule has 0 radical (unpaired) electrons. The van der Waals surface area contributed by atoms with Gasteiger partial charge in [-0.1, -0.05) is 0 Å². The number of piperazine rings is 1. The zero-order chi connectivity index (χ0) is 22.4. The number of likely N-dealkylation sites (N-methyl/N-ethyl adjacent to an activating group) is 1. The summed E-state index contributed by atoms with van der Waals surface area (Å²) in [4.78, 5) is 33.0. The maximum absolute atomic E-state index is 12.7. The van der Waals surface area contributed by atoms with E-state index in [9.17, 15) is 9.59 Å². The van der Waals surface area contributed by atoms with E-state index in [-0.39, 0.29) is 11.7 Å². The number of ketones is 1. The second-order valence-corrected chi connectivity index (χ2v) is 9.22. The van der Waals surface area contributed by atoms with Gasteiger partial charge in [-0.25, -0.2) is 0 Å². The van der Waals surface area contributed by atoms with Crippen LogP contribution >= 0.6 is 11.8 Å². The number of piperidine rings is 1. The third-order valence-corrected chi connectivity index (χ3v) is 7.19. The lowest BCUT2D eigenvalue weighted by Gasteiger charge is -2.44. The number of hydrogen-bond donors (Lipinski definition) is 0. The van der Waals surface area contributed by atoms with E-state index in [1.54, 1.807) is 12.1 Å². The minimum Gasteiger partial charge on any atom is -0.494 e. The first-order valence-electron chi connectivity index (χ1n) is 11.2. The van der Waals surface area contributed by atoms with Crippen molar-refractivity contribution in [1.82, 2.24) is 14.7 Å². The fraction of sp³-hybridized carbons (Fsp3) is 0.583. The van der Waals surface area contributed by atoms with Crippen LogP contribution < -0.4 is 4.74 Å². The molecule has 1 aromatic carbocycles. The van der Waals surface area contributed by atoms with Crippen molar-refractivity contribution < 1.29 is 14.3 Å². The van der Waals surface area contributed by atoms with Gasteiger partial charge in [-0.3, -0.25) is 14.5 Å². The van der Waals surface area contributed by atoms with Gasteiger partial charge in [0.05, 0.1) is 6.61 Å². The van der Waals surface area contributed by atoms with Gasteiger partial charge in [0.25, 0.3) is 0 Å². The van der Waals surface area contributed by atoms with Gasteiger partial charge >= 0.3 is 0 Å². The van der Waals surface area contributed by atoms with Crippen molar-refractivity contribution in [3.8, 4) is 5.75 Å². The molecular weight excluding hydrogens is 410 g/mol. The number of hydrogen-bond acceptors (Lipinski definition) is 6. The average molecular weight is 446 g/mol. The van der Waals surface area contributed by atoms with Crippen LogP contribution in [0.15, 0.2) is 35.2 Å². The number of benzene rings is 1. The number of rotatable bonds is 7. The second kappa shape index (κ2) is 11.2. The Morgan fingerprint density at radius 2 is 1.90 bits per heavy atom. The molecule has 170 valence electrons. The molecule has 0 spiro atoms. The topological polar surface area (TPSA) is 53.1 Å². The fourth-order valence-corrected chi connectivity index (χ4v) is 4.96. The van der Waals surface area contributed by atoms with E-state index in [2.05, 4.69) is 23.8 Å². The molecule has 3 rings (SSSR count). The lowest BCUT2D eigenvalue weighted by molar-refractivity contribution is -0.127. The largest absolute Gasteiger partial charge is 0.494 e. The van der Waals surface area contributed by atoms with E-state index in [1.807, 2.05) is 24.1 Å². The number of amides is 1. The third-order valence-electron chi connectivity index (χ3n) is 6.41. The molecule has 0 N–H and O–H groups in total. The molecule has 6 nitrogen and oxygen atoms in total. The highest BCUT2D eigenvalue weighted by molar-refractivity contribution is 7.98. The second-order valence-electron chi connectivity index (χ2n) is 8.37. The quantitative estimate of drug-likeness (QED) is 0.365. The van der Waals surface area contributed by atoms with Gasteiger partial charge < -0.3 is 14.5 Å². The number of thioether (sulfide) groups is 1. The molecule has 1 atom stereocenters. The molecule has 1 amide bonds. The third kappa shape index (κ3) is 6.11. The number of carbonyl (C=O) groups is 2. The molecule has 0 saturated carbocycles. The highest BCUT2D eigenvalue weighted by Crippen LogP contribution is 2.26. The van der Waals surface area contributed by atoms with E-state index >= 15 is 0 Å². The Labute approximate surface area is 190 Å². The van der Waals surface area contributed by atoms with Gasteiger partial charge in [-0.15, -0.1) is 11.8 Å². The zero-order valence-electron chi connectivity index (χ0n) is 19.2. The number of allylic oxidation sites excluding steroid dienone is 1. The minimum absolute atomic E-state index is 0.0739. The van der Waals surface area contributed by atoms with Crippen LogP contribution in [0, 0.1) is 0 Å². The molecule has 2 fully saturated rings. The summed E-state index contributed by atoms with van der Waals surface area (Å²) in [5.74, 6) is 0.526. The number of nitrogens with zero attached hydrogens (tertiary/aromatic N) is 3. The smallest absolute Gasteiger partial charge is 0.246 e. The van der Waals surface area contributed by atoms with Crippen LogP contribution in [-0.2, 0) is 4.79 Å². The average Bonchev–Trinajstić information content (AvgIpc) is 2.79. The Bertz CT molecular complexity index is 805. The van der Waals surface area contributed by atoms with E-state index in [1.165, 1.54) is 23.9 Å². The summed E-state index contributed by atoms with van der Waals surface area (Å²) < 4.78 is 5.51.